The molecule has 1 aromatic carbocycles. The summed E-state index contributed by atoms with van der Waals surface area (Å²) in [4.78, 5) is 0. The van der Waals surface area contributed by atoms with Gasteiger partial charge in [0.25, 0.3) is 0 Å². The maximum Gasteiger partial charge on any atom is 0.130 e. The molecule has 2 rings (SSSR count). The van der Waals surface area contributed by atoms with Crippen LogP contribution in [0.4, 0.5) is 4.39 Å². The summed E-state index contributed by atoms with van der Waals surface area (Å²) in [5.74, 6) is -0.422. The molecule has 4 heteroatoms. The summed E-state index contributed by atoms with van der Waals surface area (Å²) in [7, 11) is 0. The van der Waals surface area contributed by atoms with Gasteiger partial charge in [-0.3, -0.25) is 5.32 Å². The summed E-state index contributed by atoms with van der Waals surface area (Å²) in [6, 6.07) is 6.23. The molecular weight excluding hydrogens is 239 g/mol. The van der Waals surface area contributed by atoms with Crippen LogP contribution in [0.2, 0.25) is 5.02 Å². The molecule has 0 aliphatic heterocycles. The summed E-state index contributed by atoms with van der Waals surface area (Å²) in [6.45, 7) is 0. The quantitative estimate of drug-likeness (QED) is 0.893. The molecule has 0 spiro atoms. The molecule has 1 atom stereocenters. The number of hydrogen-bond acceptors (Lipinski definition) is 2. The minimum absolute atomic E-state index is 0.267. The van der Waals surface area contributed by atoms with Crippen molar-refractivity contribution in [2.75, 3.05) is 0 Å². The average Bonchev–Trinajstić information content (AvgIpc) is 2.80. The predicted octanol–water partition coefficient (Wildman–Crippen LogP) is 3.58. The minimum Gasteiger partial charge on any atom is -0.295 e. The Hall–Kier alpha value is -1.11. The standard InChI is InChI=1S/C13H14ClFN2/c14-10-6-3-7-11(15)13(10)12(8-16)17-9-4-1-2-5-9/h3,6-7,9,12,17H,1-2,4-5H2. The molecule has 1 saturated carbocycles. The Kier molecular flexibility index (Phi) is 3.98. The van der Waals surface area contributed by atoms with Crippen LogP contribution < -0.4 is 5.32 Å². The zero-order valence-corrected chi connectivity index (χ0v) is 10.2. The summed E-state index contributed by atoms with van der Waals surface area (Å²) in [5.41, 5.74) is 0.267. The molecule has 0 saturated heterocycles. The van der Waals surface area contributed by atoms with E-state index in [0.29, 0.717) is 11.1 Å². The lowest BCUT2D eigenvalue weighted by molar-refractivity contribution is 0.477. The van der Waals surface area contributed by atoms with Gasteiger partial charge in [-0.05, 0) is 25.0 Å². The fourth-order valence-electron chi connectivity index (χ4n) is 2.30. The van der Waals surface area contributed by atoms with Crippen LogP contribution in [0.3, 0.4) is 0 Å². The molecule has 17 heavy (non-hydrogen) atoms. The van der Waals surface area contributed by atoms with Crippen LogP contribution in [0, 0.1) is 17.1 Å². The summed E-state index contributed by atoms with van der Waals surface area (Å²) < 4.78 is 13.7. The fourth-order valence-corrected chi connectivity index (χ4v) is 2.57. The van der Waals surface area contributed by atoms with Crippen LogP contribution in [-0.4, -0.2) is 6.04 Å². The highest BCUT2D eigenvalue weighted by Gasteiger charge is 2.23. The lowest BCUT2D eigenvalue weighted by Gasteiger charge is -2.18. The monoisotopic (exact) mass is 252 g/mol. The Labute approximate surface area is 105 Å². The first-order valence-electron chi connectivity index (χ1n) is 5.82. The zero-order valence-electron chi connectivity index (χ0n) is 9.42. The predicted molar refractivity (Wildman–Crippen MR) is 65.2 cm³/mol. The van der Waals surface area contributed by atoms with E-state index in [0.717, 1.165) is 12.8 Å². The second-order valence-electron chi connectivity index (χ2n) is 4.35. The number of hydrogen-bond donors (Lipinski definition) is 1. The first-order valence-corrected chi connectivity index (χ1v) is 6.19. The molecule has 90 valence electrons. The van der Waals surface area contributed by atoms with Crippen molar-refractivity contribution in [1.29, 1.82) is 5.26 Å². The van der Waals surface area contributed by atoms with Crippen molar-refractivity contribution >= 4 is 11.6 Å². The van der Waals surface area contributed by atoms with Crippen LogP contribution in [0.5, 0.6) is 0 Å². The highest BCUT2D eigenvalue weighted by Crippen LogP contribution is 2.28. The molecule has 1 fully saturated rings. The Morgan fingerprint density at radius 1 is 1.41 bits per heavy atom. The van der Waals surface area contributed by atoms with Gasteiger partial charge in [-0.2, -0.15) is 5.26 Å². The highest BCUT2D eigenvalue weighted by molar-refractivity contribution is 6.31. The molecule has 1 aliphatic rings. The van der Waals surface area contributed by atoms with Gasteiger partial charge in [-0.15, -0.1) is 0 Å². The summed E-state index contributed by atoms with van der Waals surface area (Å²) in [6.07, 6.45) is 4.43. The molecule has 0 amide bonds. The average molecular weight is 253 g/mol. The van der Waals surface area contributed by atoms with Gasteiger partial charge in [0.05, 0.1) is 6.07 Å². The number of nitriles is 1. The SMILES string of the molecule is N#CC(NC1CCCC1)c1c(F)cccc1Cl. The van der Waals surface area contributed by atoms with Gasteiger partial charge in [-0.25, -0.2) is 4.39 Å². The number of nitrogens with zero attached hydrogens (tertiary/aromatic N) is 1. The van der Waals surface area contributed by atoms with Gasteiger partial charge >= 0.3 is 0 Å². The maximum absolute atomic E-state index is 13.7. The molecule has 1 unspecified atom stereocenters. The van der Waals surface area contributed by atoms with Gasteiger partial charge in [-0.1, -0.05) is 30.5 Å². The van der Waals surface area contributed by atoms with E-state index in [4.69, 9.17) is 16.9 Å². The minimum atomic E-state index is -0.660. The van der Waals surface area contributed by atoms with E-state index in [1.165, 1.54) is 18.9 Å². The van der Waals surface area contributed by atoms with E-state index in [-0.39, 0.29) is 5.56 Å². The molecule has 1 aliphatic carbocycles. The maximum atomic E-state index is 13.7. The van der Waals surface area contributed by atoms with E-state index in [9.17, 15) is 4.39 Å². The van der Waals surface area contributed by atoms with Crippen molar-refractivity contribution in [2.24, 2.45) is 0 Å². The van der Waals surface area contributed by atoms with Crippen molar-refractivity contribution in [3.8, 4) is 6.07 Å². The largest absolute Gasteiger partial charge is 0.295 e. The normalized spacial score (nSPS) is 17.9. The van der Waals surface area contributed by atoms with E-state index < -0.39 is 11.9 Å². The van der Waals surface area contributed by atoms with Crippen molar-refractivity contribution in [3.63, 3.8) is 0 Å². The summed E-state index contributed by atoms with van der Waals surface area (Å²) >= 11 is 5.96. The van der Waals surface area contributed by atoms with Crippen molar-refractivity contribution in [3.05, 3.63) is 34.6 Å². The van der Waals surface area contributed by atoms with E-state index in [2.05, 4.69) is 11.4 Å². The first kappa shape index (κ1) is 12.3. The molecule has 1 N–H and O–H groups in total. The number of halogens is 2. The van der Waals surface area contributed by atoms with Crippen LogP contribution in [-0.2, 0) is 0 Å². The van der Waals surface area contributed by atoms with Crippen LogP contribution in [0.1, 0.15) is 37.3 Å². The Bertz CT molecular complexity index is 415. The first-order chi connectivity index (χ1) is 8.22. The lowest BCUT2D eigenvalue weighted by atomic mass is 10.1. The second kappa shape index (κ2) is 5.48. The van der Waals surface area contributed by atoms with Crippen molar-refractivity contribution < 1.29 is 4.39 Å². The second-order valence-corrected chi connectivity index (χ2v) is 4.75. The number of benzene rings is 1. The van der Waals surface area contributed by atoms with Crippen LogP contribution >= 0.6 is 11.6 Å². The third kappa shape index (κ3) is 2.77. The van der Waals surface area contributed by atoms with Crippen molar-refractivity contribution in [2.45, 2.75) is 37.8 Å². The summed E-state index contributed by atoms with van der Waals surface area (Å²) in [5, 5.41) is 12.6. The topological polar surface area (TPSA) is 35.8 Å². The van der Waals surface area contributed by atoms with Gasteiger partial charge in [0.15, 0.2) is 0 Å². The van der Waals surface area contributed by atoms with Gasteiger partial charge in [0.1, 0.15) is 11.9 Å². The van der Waals surface area contributed by atoms with Gasteiger partial charge in [0, 0.05) is 16.6 Å². The highest BCUT2D eigenvalue weighted by atomic mass is 35.5. The number of rotatable bonds is 3. The van der Waals surface area contributed by atoms with Crippen LogP contribution in [0.15, 0.2) is 18.2 Å². The van der Waals surface area contributed by atoms with Crippen molar-refractivity contribution in [1.82, 2.24) is 5.32 Å². The van der Waals surface area contributed by atoms with Gasteiger partial charge in [0.2, 0.25) is 0 Å². The molecular formula is C13H14ClFN2. The molecule has 0 radical (unpaired) electrons. The molecule has 0 heterocycles. The lowest BCUT2D eigenvalue weighted by Crippen LogP contribution is -2.30. The van der Waals surface area contributed by atoms with Gasteiger partial charge < -0.3 is 0 Å². The Morgan fingerprint density at radius 2 is 2.12 bits per heavy atom. The van der Waals surface area contributed by atoms with E-state index in [1.807, 2.05) is 0 Å². The molecule has 1 aromatic rings. The van der Waals surface area contributed by atoms with Crippen LogP contribution in [0.25, 0.3) is 0 Å². The molecule has 0 aromatic heterocycles. The zero-order chi connectivity index (χ0) is 12.3. The Balaban J connectivity index is 2.20. The smallest absolute Gasteiger partial charge is 0.130 e. The Morgan fingerprint density at radius 3 is 2.71 bits per heavy atom. The molecule has 0 bridgehead atoms. The third-order valence-corrected chi connectivity index (χ3v) is 3.50. The van der Waals surface area contributed by atoms with E-state index >= 15 is 0 Å². The fraction of sp³-hybridized carbons (Fsp3) is 0.462. The van der Waals surface area contributed by atoms with E-state index in [1.54, 1.807) is 12.1 Å². The molecule has 2 nitrogen and oxygen atoms in total. The third-order valence-electron chi connectivity index (χ3n) is 3.18. The number of nitrogens with one attached hydrogen (secondary N) is 1.